The molecule has 14 heavy (non-hydrogen) atoms. The lowest BCUT2D eigenvalue weighted by Crippen LogP contribution is -2.49. The predicted octanol–water partition coefficient (Wildman–Crippen LogP) is 0.538. The third-order valence-corrected chi connectivity index (χ3v) is 2.81. The summed E-state index contributed by atoms with van der Waals surface area (Å²) in [4.78, 5) is 10.9. The van der Waals surface area contributed by atoms with Crippen molar-refractivity contribution in [3.8, 4) is 0 Å². The number of amides is 1. The van der Waals surface area contributed by atoms with E-state index >= 15 is 0 Å². The van der Waals surface area contributed by atoms with Gasteiger partial charge in [-0.25, -0.2) is 0 Å². The molecule has 1 saturated carbocycles. The molecule has 1 aliphatic carbocycles. The van der Waals surface area contributed by atoms with Crippen LogP contribution in [0.5, 0.6) is 0 Å². The van der Waals surface area contributed by atoms with E-state index in [0.717, 1.165) is 6.42 Å². The van der Waals surface area contributed by atoms with Crippen LogP contribution in [0.25, 0.3) is 0 Å². The van der Waals surface area contributed by atoms with Crippen molar-refractivity contribution in [2.75, 3.05) is 6.61 Å². The zero-order chi connectivity index (χ0) is 10.6. The normalized spacial score (nSPS) is 21.3. The zero-order valence-corrected chi connectivity index (χ0v) is 8.79. The Kier molecular flexibility index (Phi) is 3.89. The molecule has 0 radical (unpaired) electrons. The van der Waals surface area contributed by atoms with Crippen LogP contribution in [0.2, 0.25) is 0 Å². The zero-order valence-electron chi connectivity index (χ0n) is 8.79. The summed E-state index contributed by atoms with van der Waals surface area (Å²) in [6, 6.07) is 0. The molecule has 0 heterocycles. The van der Waals surface area contributed by atoms with Gasteiger partial charge in [-0.1, -0.05) is 0 Å². The largest absolute Gasteiger partial charge is 0.378 e. The van der Waals surface area contributed by atoms with E-state index in [9.17, 15) is 4.79 Å². The quantitative estimate of drug-likeness (QED) is 0.614. The van der Waals surface area contributed by atoms with E-state index in [1.54, 1.807) is 6.92 Å². The summed E-state index contributed by atoms with van der Waals surface area (Å²) in [7, 11) is 0. The Morgan fingerprint density at radius 1 is 1.57 bits per heavy atom. The van der Waals surface area contributed by atoms with Crippen molar-refractivity contribution in [3.05, 3.63) is 0 Å². The van der Waals surface area contributed by atoms with Crippen molar-refractivity contribution in [2.24, 2.45) is 11.5 Å². The summed E-state index contributed by atoms with van der Waals surface area (Å²) >= 11 is 0. The van der Waals surface area contributed by atoms with Crippen LogP contribution in [-0.2, 0) is 9.53 Å². The van der Waals surface area contributed by atoms with Crippen molar-refractivity contribution in [3.63, 3.8) is 0 Å². The molecule has 0 bridgehead atoms. The number of carbonyl (C=O) groups is 1. The lowest BCUT2D eigenvalue weighted by atomic mass is 9.95. The number of ether oxygens (including phenoxy) is 1. The molecule has 0 aromatic heterocycles. The second-order valence-electron chi connectivity index (χ2n) is 4.31. The Balaban J connectivity index is 2.04. The Morgan fingerprint density at radius 2 is 2.21 bits per heavy atom. The van der Waals surface area contributed by atoms with Gasteiger partial charge in [0.25, 0.3) is 0 Å². The van der Waals surface area contributed by atoms with Crippen LogP contribution >= 0.6 is 0 Å². The minimum Gasteiger partial charge on any atom is -0.378 e. The van der Waals surface area contributed by atoms with Crippen LogP contribution in [0.1, 0.15) is 39.0 Å². The highest BCUT2D eigenvalue weighted by Crippen LogP contribution is 2.22. The maximum Gasteiger partial charge on any atom is 0.237 e. The third-order valence-electron chi connectivity index (χ3n) is 2.81. The molecule has 82 valence electrons. The highest BCUT2D eigenvalue weighted by molar-refractivity contribution is 5.83. The fraction of sp³-hybridized carbons (Fsp3) is 0.900. The van der Waals surface area contributed by atoms with Gasteiger partial charge in [-0.2, -0.15) is 0 Å². The van der Waals surface area contributed by atoms with E-state index in [1.807, 2.05) is 0 Å². The van der Waals surface area contributed by atoms with Gasteiger partial charge >= 0.3 is 0 Å². The number of hydrogen-bond donors (Lipinski definition) is 2. The molecule has 0 aromatic rings. The molecular weight excluding hydrogens is 180 g/mol. The first-order valence-electron chi connectivity index (χ1n) is 5.23. The van der Waals surface area contributed by atoms with Gasteiger partial charge in [0.05, 0.1) is 11.6 Å². The second kappa shape index (κ2) is 4.75. The van der Waals surface area contributed by atoms with Crippen molar-refractivity contribution in [2.45, 2.75) is 50.7 Å². The van der Waals surface area contributed by atoms with Gasteiger partial charge in [0.15, 0.2) is 0 Å². The summed E-state index contributed by atoms with van der Waals surface area (Å²) in [6.07, 6.45) is 5.47. The summed E-state index contributed by atoms with van der Waals surface area (Å²) in [5.74, 6) is -0.443. The Morgan fingerprint density at radius 3 is 2.64 bits per heavy atom. The third kappa shape index (κ3) is 3.27. The molecule has 1 atom stereocenters. The van der Waals surface area contributed by atoms with E-state index in [2.05, 4.69) is 0 Å². The number of nitrogens with two attached hydrogens (primary N) is 2. The number of carbonyl (C=O) groups excluding carboxylic acids is 1. The molecular formula is C10H20N2O2. The van der Waals surface area contributed by atoms with E-state index in [-0.39, 0.29) is 0 Å². The van der Waals surface area contributed by atoms with E-state index in [4.69, 9.17) is 16.2 Å². The first-order chi connectivity index (χ1) is 6.52. The van der Waals surface area contributed by atoms with Gasteiger partial charge in [-0.3, -0.25) is 4.79 Å². The van der Waals surface area contributed by atoms with Crippen molar-refractivity contribution in [1.29, 1.82) is 0 Å². The minimum atomic E-state index is -0.886. The highest BCUT2D eigenvalue weighted by atomic mass is 16.5. The fourth-order valence-corrected chi connectivity index (χ4v) is 1.35. The van der Waals surface area contributed by atoms with E-state index in [0.29, 0.717) is 19.1 Å². The van der Waals surface area contributed by atoms with Crippen LogP contribution < -0.4 is 11.5 Å². The molecule has 1 aliphatic rings. The van der Waals surface area contributed by atoms with Gasteiger partial charge in [-0.15, -0.1) is 0 Å². The first-order valence-corrected chi connectivity index (χ1v) is 5.23. The first kappa shape index (κ1) is 11.5. The van der Waals surface area contributed by atoms with Crippen LogP contribution in [0.15, 0.2) is 0 Å². The Labute approximate surface area is 85.0 Å². The Hall–Kier alpha value is -0.610. The van der Waals surface area contributed by atoms with E-state index < -0.39 is 11.4 Å². The second-order valence-corrected chi connectivity index (χ2v) is 4.31. The topological polar surface area (TPSA) is 78.3 Å². The lowest BCUT2D eigenvalue weighted by molar-refractivity contribution is -0.122. The van der Waals surface area contributed by atoms with E-state index in [1.165, 1.54) is 19.3 Å². The molecule has 4 heteroatoms. The lowest BCUT2D eigenvalue weighted by Gasteiger charge is -2.26. The molecule has 0 aliphatic heterocycles. The molecule has 0 spiro atoms. The molecule has 4 N–H and O–H groups in total. The number of primary amides is 1. The average molecular weight is 200 g/mol. The van der Waals surface area contributed by atoms with Crippen LogP contribution in [0, 0.1) is 0 Å². The van der Waals surface area contributed by atoms with Gasteiger partial charge in [-0.05, 0) is 39.0 Å². The SMILES string of the molecule is CC(N)(CCCOC1CCC1)C(N)=O. The number of rotatable bonds is 6. The summed E-state index contributed by atoms with van der Waals surface area (Å²) in [5, 5.41) is 0. The maximum atomic E-state index is 10.9. The Bertz CT molecular complexity index is 200. The number of hydrogen-bond acceptors (Lipinski definition) is 3. The molecule has 1 unspecified atom stereocenters. The average Bonchev–Trinajstić information content (AvgIpc) is 2.00. The highest BCUT2D eigenvalue weighted by Gasteiger charge is 2.25. The molecule has 0 saturated heterocycles. The standard InChI is InChI=1S/C10H20N2O2/c1-10(12,9(11)13)6-3-7-14-8-4-2-5-8/h8H,2-7,12H2,1H3,(H2,11,13). The maximum absolute atomic E-state index is 10.9. The summed E-state index contributed by atoms with van der Waals surface area (Å²) in [5.41, 5.74) is 9.95. The molecule has 0 aromatic carbocycles. The molecule has 1 rings (SSSR count). The van der Waals surface area contributed by atoms with Crippen molar-refractivity contribution in [1.82, 2.24) is 0 Å². The fourth-order valence-electron chi connectivity index (χ4n) is 1.35. The monoisotopic (exact) mass is 200 g/mol. The molecule has 1 amide bonds. The molecule has 4 nitrogen and oxygen atoms in total. The van der Waals surface area contributed by atoms with Crippen LogP contribution in [-0.4, -0.2) is 24.2 Å². The summed E-state index contributed by atoms with van der Waals surface area (Å²) < 4.78 is 5.55. The van der Waals surface area contributed by atoms with Crippen molar-refractivity contribution >= 4 is 5.91 Å². The van der Waals surface area contributed by atoms with Gasteiger partial charge in [0.2, 0.25) is 5.91 Å². The van der Waals surface area contributed by atoms with Crippen LogP contribution in [0.3, 0.4) is 0 Å². The smallest absolute Gasteiger partial charge is 0.237 e. The van der Waals surface area contributed by atoms with Gasteiger partial charge in [0.1, 0.15) is 0 Å². The minimum absolute atomic E-state index is 0.443. The van der Waals surface area contributed by atoms with Crippen molar-refractivity contribution < 1.29 is 9.53 Å². The predicted molar refractivity (Wildman–Crippen MR) is 54.6 cm³/mol. The molecule has 1 fully saturated rings. The summed E-state index contributed by atoms with van der Waals surface area (Å²) in [6.45, 7) is 2.35. The van der Waals surface area contributed by atoms with Gasteiger partial charge in [0, 0.05) is 6.61 Å². The van der Waals surface area contributed by atoms with Crippen LogP contribution in [0.4, 0.5) is 0 Å². The van der Waals surface area contributed by atoms with Gasteiger partial charge < -0.3 is 16.2 Å².